The van der Waals surface area contributed by atoms with E-state index < -0.39 is 6.04 Å². The zero-order chi connectivity index (χ0) is 14.6. The van der Waals surface area contributed by atoms with Crippen molar-refractivity contribution in [3.05, 3.63) is 35.6 Å². The van der Waals surface area contributed by atoms with Crippen LogP contribution in [0.25, 0.3) is 0 Å². The van der Waals surface area contributed by atoms with Crippen LogP contribution in [0.5, 0.6) is 0 Å². The molecule has 0 fully saturated rings. The van der Waals surface area contributed by atoms with Crippen molar-refractivity contribution in [2.75, 3.05) is 7.05 Å². The Bertz CT molecular complexity index is 417. The van der Waals surface area contributed by atoms with E-state index in [1.165, 1.54) is 12.1 Å². The average Bonchev–Trinajstić information content (AvgIpc) is 2.36. The number of carbonyl (C=O) groups is 1. The first-order chi connectivity index (χ1) is 8.82. The van der Waals surface area contributed by atoms with Crippen LogP contribution in [0.1, 0.15) is 38.8 Å². The van der Waals surface area contributed by atoms with Crippen LogP contribution >= 0.6 is 0 Å². The van der Waals surface area contributed by atoms with Crippen molar-refractivity contribution >= 4 is 5.91 Å². The number of likely N-dealkylation sites (N-methyl/N-ethyl adjacent to an activating group) is 1. The molecule has 0 saturated heterocycles. The normalized spacial score (nSPS) is 14.3. The number of amides is 1. The van der Waals surface area contributed by atoms with Crippen molar-refractivity contribution in [2.45, 2.75) is 39.3 Å². The van der Waals surface area contributed by atoms with E-state index in [2.05, 4.69) is 0 Å². The fraction of sp³-hybridized carbons (Fsp3) is 0.533. The number of carbonyl (C=O) groups excluding carboxylic acids is 1. The standard InChI is InChI=1S/C15H23FN2O/c1-10(2)9-14(17)15(19)18(4)11(3)12-5-7-13(16)8-6-12/h5-8,10-11,14H,9,17H2,1-4H3/t11?,14-/m1/s1. The summed E-state index contributed by atoms with van der Waals surface area (Å²) in [6.07, 6.45) is 0.666. The third-order valence-corrected chi connectivity index (χ3v) is 3.32. The van der Waals surface area contributed by atoms with Gasteiger partial charge in [0.1, 0.15) is 5.82 Å². The van der Waals surface area contributed by atoms with E-state index in [-0.39, 0.29) is 17.8 Å². The number of halogens is 1. The van der Waals surface area contributed by atoms with Crippen LogP contribution in [0.4, 0.5) is 4.39 Å². The Morgan fingerprint density at radius 2 is 1.79 bits per heavy atom. The first-order valence-corrected chi connectivity index (χ1v) is 6.60. The summed E-state index contributed by atoms with van der Waals surface area (Å²) in [5.41, 5.74) is 6.81. The molecule has 0 heterocycles. The summed E-state index contributed by atoms with van der Waals surface area (Å²) in [6, 6.07) is 5.59. The Morgan fingerprint density at radius 1 is 1.26 bits per heavy atom. The van der Waals surface area contributed by atoms with Gasteiger partial charge in [-0.15, -0.1) is 0 Å². The molecular weight excluding hydrogens is 243 g/mol. The second-order valence-corrected chi connectivity index (χ2v) is 5.41. The number of nitrogens with two attached hydrogens (primary N) is 1. The van der Waals surface area contributed by atoms with Crippen LogP contribution in [-0.2, 0) is 4.79 Å². The molecule has 106 valence electrons. The molecule has 4 heteroatoms. The van der Waals surface area contributed by atoms with Crippen LogP contribution in [0.2, 0.25) is 0 Å². The molecule has 0 bridgehead atoms. The van der Waals surface area contributed by atoms with Gasteiger partial charge in [-0.05, 0) is 37.0 Å². The van der Waals surface area contributed by atoms with Gasteiger partial charge in [0.2, 0.25) is 5.91 Å². The van der Waals surface area contributed by atoms with Gasteiger partial charge in [-0.1, -0.05) is 26.0 Å². The predicted octanol–water partition coefficient (Wildman–Crippen LogP) is 2.72. The van der Waals surface area contributed by atoms with Crippen LogP contribution < -0.4 is 5.73 Å². The summed E-state index contributed by atoms with van der Waals surface area (Å²) in [7, 11) is 1.73. The van der Waals surface area contributed by atoms with Gasteiger partial charge in [-0.25, -0.2) is 4.39 Å². The third kappa shape index (κ3) is 4.31. The maximum absolute atomic E-state index is 12.9. The van der Waals surface area contributed by atoms with Gasteiger partial charge in [0.05, 0.1) is 12.1 Å². The molecule has 1 aromatic rings. The van der Waals surface area contributed by atoms with Crippen molar-refractivity contribution in [3.63, 3.8) is 0 Å². The lowest BCUT2D eigenvalue weighted by atomic mass is 10.0. The lowest BCUT2D eigenvalue weighted by molar-refractivity contribution is -0.133. The highest BCUT2D eigenvalue weighted by molar-refractivity contribution is 5.81. The fourth-order valence-electron chi connectivity index (χ4n) is 2.03. The molecule has 1 amide bonds. The van der Waals surface area contributed by atoms with Crippen molar-refractivity contribution < 1.29 is 9.18 Å². The number of nitrogens with zero attached hydrogens (tertiary/aromatic N) is 1. The Hall–Kier alpha value is -1.42. The van der Waals surface area contributed by atoms with Crippen LogP contribution in [0.15, 0.2) is 24.3 Å². The van der Waals surface area contributed by atoms with Crippen LogP contribution in [-0.4, -0.2) is 23.9 Å². The molecule has 1 aromatic carbocycles. The first-order valence-electron chi connectivity index (χ1n) is 6.60. The first kappa shape index (κ1) is 15.6. The second kappa shape index (κ2) is 6.66. The molecule has 0 aliphatic heterocycles. The van der Waals surface area contributed by atoms with E-state index in [1.807, 2.05) is 20.8 Å². The number of benzene rings is 1. The maximum atomic E-state index is 12.9. The molecule has 2 N–H and O–H groups in total. The van der Waals surface area contributed by atoms with Gasteiger partial charge in [-0.2, -0.15) is 0 Å². The maximum Gasteiger partial charge on any atom is 0.239 e. The molecule has 0 spiro atoms. The van der Waals surface area contributed by atoms with Gasteiger partial charge in [0.25, 0.3) is 0 Å². The highest BCUT2D eigenvalue weighted by Gasteiger charge is 2.23. The Balaban J connectivity index is 2.73. The van der Waals surface area contributed by atoms with Crippen LogP contribution in [0, 0.1) is 11.7 Å². The number of rotatable bonds is 5. The van der Waals surface area contributed by atoms with E-state index in [0.29, 0.717) is 12.3 Å². The molecule has 3 nitrogen and oxygen atoms in total. The highest BCUT2D eigenvalue weighted by atomic mass is 19.1. The molecule has 0 aromatic heterocycles. The van der Waals surface area contributed by atoms with E-state index in [1.54, 1.807) is 24.1 Å². The summed E-state index contributed by atoms with van der Waals surface area (Å²) in [5.74, 6) is 0.0282. The number of hydrogen-bond donors (Lipinski definition) is 1. The van der Waals surface area contributed by atoms with Gasteiger partial charge < -0.3 is 10.6 Å². The molecule has 0 aliphatic rings. The summed E-state index contributed by atoms with van der Waals surface area (Å²) in [6.45, 7) is 5.99. The SMILES string of the molecule is CC(C)C[C@@H](N)C(=O)N(C)C(C)c1ccc(F)cc1. The molecular formula is C15H23FN2O. The zero-order valence-corrected chi connectivity index (χ0v) is 12.1. The summed E-state index contributed by atoms with van der Waals surface area (Å²) in [4.78, 5) is 13.8. The second-order valence-electron chi connectivity index (χ2n) is 5.41. The Morgan fingerprint density at radius 3 is 2.26 bits per heavy atom. The minimum Gasteiger partial charge on any atom is -0.338 e. The van der Waals surface area contributed by atoms with Crippen molar-refractivity contribution in [1.82, 2.24) is 4.90 Å². The summed E-state index contributed by atoms with van der Waals surface area (Å²) < 4.78 is 12.9. The van der Waals surface area contributed by atoms with Crippen molar-refractivity contribution in [2.24, 2.45) is 11.7 Å². The lowest BCUT2D eigenvalue weighted by Crippen LogP contribution is -2.43. The van der Waals surface area contributed by atoms with Gasteiger partial charge in [-0.3, -0.25) is 4.79 Å². The zero-order valence-electron chi connectivity index (χ0n) is 12.1. The third-order valence-electron chi connectivity index (χ3n) is 3.32. The van der Waals surface area contributed by atoms with E-state index in [9.17, 15) is 9.18 Å². The summed E-state index contributed by atoms with van der Waals surface area (Å²) in [5, 5.41) is 0. The molecule has 0 aliphatic carbocycles. The van der Waals surface area contributed by atoms with E-state index in [0.717, 1.165) is 5.56 Å². The summed E-state index contributed by atoms with van der Waals surface area (Å²) >= 11 is 0. The highest BCUT2D eigenvalue weighted by Crippen LogP contribution is 2.20. The molecule has 0 radical (unpaired) electrons. The lowest BCUT2D eigenvalue weighted by Gasteiger charge is -2.28. The van der Waals surface area contributed by atoms with E-state index >= 15 is 0 Å². The Kier molecular flexibility index (Phi) is 5.48. The molecule has 19 heavy (non-hydrogen) atoms. The number of hydrogen-bond acceptors (Lipinski definition) is 2. The largest absolute Gasteiger partial charge is 0.338 e. The average molecular weight is 266 g/mol. The Labute approximate surface area is 114 Å². The molecule has 1 unspecified atom stereocenters. The van der Waals surface area contributed by atoms with Gasteiger partial charge in [0.15, 0.2) is 0 Å². The smallest absolute Gasteiger partial charge is 0.239 e. The molecule has 2 atom stereocenters. The minimum atomic E-state index is -0.479. The fourth-order valence-corrected chi connectivity index (χ4v) is 2.03. The van der Waals surface area contributed by atoms with Gasteiger partial charge in [0, 0.05) is 7.05 Å². The minimum absolute atomic E-state index is 0.0782. The quantitative estimate of drug-likeness (QED) is 0.890. The van der Waals surface area contributed by atoms with Crippen molar-refractivity contribution in [3.8, 4) is 0 Å². The topological polar surface area (TPSA) is 46.3 Å². The predicted molar refractivity (Wildman–Crippen MR) is 75.0 cm³/mol. The van der Waals surface area contributed by atoms with Crippen molar-refractivity contribution in [1.29, 1.82) is 0 Å². The van der Waals surface area contributed by atoms with Crippen LogP contribution in [0.3, 0.4) is 0 Å². The molecule has 0 saturated carbocycles. The monoisotopic (exact) mass is 266 g/mol. The molecule has 1 rings (SSSR count). The van der Waals surface area contributed by atoms with E-state index in [4.69, 9.17) is 5.73 Å². The van der Waals surface area contributed by atoms with Gasteiger partial charge >= 0.3 is 0 Å².